The van der Waals surface area contributed by atoms with E-state index in [-0.39, 0.29) is 35.7 Å². The predicted octanol–water partition coefficient (Wildman–Crippen LogP) is 2.82. The number of halogens is 4. The Bertz CT molecular complexity index is 689. The minimum atomic E-state index is -4.20. The lowest BCUT2D eigenvalue weighted by atomic mass is 10.2. The summed E-state index contributed by atoms with van der Waals surface area (Å²) in [7, 11) is 0. The molecule has 1 saturated heterocycles. The number of rotatable bonds is 8. The van der Waals surface area contributed by atoms with E-state index in [1.807, 2.05) is 6.92 Å². The molecule has 29 heavy (non-hydrogen) atoms. The van der Waals surface area contributed by atoms with Crippen LogP contribution >= 0.6 is 24.0 Å². The van der Waals surface area contributed by atoms with Crippen LogP contribution in [-0.4, -0.2) is 67.3 Å². The highest BCUT2D eigenvalue weighted by atomic mass is 127. The Kier molecular flexibility index (Phi) is 10.4. The van der Waals surface area contributed by atoms with Crippen LogP contribution in [0.3, 0.4) is 0 Å². The summed E-state index contributed by atoms with van der Waals surface area (Å²) in [6.07, 6.45) is -3.59. The van der Waals surface area contributed by atoms with Crippen LogP contribution in [0.1, 0.15) is 13.3 Å². The fourth-order valence-electron chi connectivity index (χ4n) is 3.00. The molecule has 0 bridgehead atoms. The monoisotopic (exact) mass is 530 g/mol. The average molecular weight is 530 g/mol. The molecule has 0 aliphatic carbocycles. The van der Waals surface area contributed by atoms with Crippen molar-refractivity contribution in [3.8, 4) is 0 Å². The summed E-state index contributed by atoms with van der Waals surface area (Å²) < 4.78 is 37.5. The lowest BCUT2D eigenvalue weighted by Gasteiger charge is -2.19. The van der Waals surface area contributed by atoms with Gasteiger partial charge in [0.05, 0.1) is 18.0 Å². The molecule has 0 saturated carbocycles. The van der Waals surface area contributed by atoms with Crippen LogP contribution in [0.4, 0.5) is 24.5 Å². The summed E-state index contributed by atoms with van der Waals surface area (Å²) in [6, 6.07) is 6.24. The van der Waals surface area contributed by atoms with Crippen LogP contribution in [-0.2, 0) is 0 Å². The van der Waals surface area contributed by atoms with Gasteiger partial charge >= 0.3 is 6.18 Å². The number of alkyl halides is 3. The van der Waals surface area contributed by atoms with Crippen LogP contribution in [0.2, 0.25) is 0 Å². The van der Waals surface area contributed by atoms with Gasteiger partial charge in [0.25, 0.3) is 5.69 Å². The van der Waals surface area contributed by atoms with Crippen molar-refractivity contribution < 1.29 is 18.1 Å². The van der Waals surface area contributed by atoms with E-state index in [0.717, 1.165) is 0 Å². The molecule has 0 spiro atoms. The summed E-state index contributed by atoms with van der Waals surface area (Å²) in [6.45, 7) is 3.02. The fourth-order valence-corrected chi connectivity index (χ4v) is 3.00. The molecule has 1 fully saturated rings. The van der Waals surface area contributed by atoms with E-state index >= 15 is 0 Å². The fraction of sp³-hybridized carbons (Fsp3) is 0.588. The molecule has 0 aromatic heterocycles. The van der Waals surface area contributed by atoms with E-state index < -0.39 is 17.6 Å². The van der Waals surface area contributed by atoms with E-state index in [2.05, 4.69) is 20.9 Å². The molecule has 12 heteroatoms. The highest BCUT2D eigenvalue weighted by Crippen LogP contribution is 2.22. The van der Waals surface area contributed by atoms with Gasteiger partial charge in [-0.1, -0.05) is 12.1 Å². The van der Waals surface area contributed by atoms with E-state index in [9.17, 15) is 23.3 Å². The Balaban J connectivity index is 0.00000420. The van der Waals surface area contributed by atoms with Crippen molar-refractivity contribution in [2.45, 2.75) is 25.6 Å². The second kappa shape index (κ2) is 12.0. The van der Waals surface area contributed by atoms with Crippen molar-refractivity contribution in [2.75, 3.05) is 44.6 Å². The minimum absolute atomic E-state index is 0. The molecule has 1 aromatic carbocycles. The second-order valence-electron chi connectivity index (χ2n) is 6.44. The van der Waals surface area contributed by atoms with Crippen molar-refractivity contribution in [3.05, 3.63) is 34.4 Å². The predicted molar refractivity (Wildman–Crippen MR) is 117 cm³/mol. The van der Waals surface area contributed by atoms with Crippen molar-refractivity contribution in [1.29, 1.82) is 0 Å². The molecule has 1 aliphatic rings. The average Bonchev–Trinajstić information content (AvgIpc) is 3.04. The van der Waals surface area contributed by atoms with Gasteiger partial charge < -0.3 is 16.0 Å². The topological polar surface area (TPSA) is 94.8 Å². The minimum Gasteiger partial charge on any atom is -0.378 e. The van der Waals surface area contributed by atoms with Gasteiger partial charge in [-0.25, -0.2) is 0 Å². The molecular formula is C17H26F3IN6O2. The second-order valence-corrected chi connectivity index (χ2v) is 6.44. The molecule has 0 radical (unpaired) electrons. The first-order valence-electron chi connectivity index (χ1n) is 9.09. The molecule has 164 valence electrons. The number of nitro benzene ring substituents is 1. The maximum absolute atomic E-state index is 12.5. The van der Waals surface area contributed by atoms with Gasteiger partial charge in [-0.2, -0.15) is 13.2 Å². The number of benzene rings is 1. The molecule has 3 N–H and O–H groups in total. The lowest BCUT2D eigenvalue weighted by Crippen LogP contribution is -2.45. The summed E-state index contributed by atoms with van der Waals surface area (Å²) in [5.41, 5.74) is 0.409. The lowest BCUT2D eigenvalue weighted by molar-refractivity contribution is -0.384. The maximum Gasteiger partial charge on any atom is 0.401 e. The zero-order valence-electron chi connectivity index (χ0n) is 16.0. The third kappa shape index (κ3) is 9.02. The van der Waals surface area contributed by atoms with Crippen molar-refractivity contribution >= 4 is 41.3 Å². The van der Waals surface area contributed by atoms with Gasteiger partial charge in [-0.3, -0.25) is 20.0 Å². The first-order chi connectivity index (χ1) is 13.3. The van der Waals surface area contributed by atoms with Crippen LogP contribution in [0.15, 0.2) is 29.3 Å². The summed E-state index contributed by atoms with van der Waals surface area (Å²) >= 11 is 0. The smallest absolute Gasteiger partial charge is 0.378 e. The number of nitro groups is 1. The van der Waals surface area contributed by atoms with Crippen molar-refractivity contribution in [1.82, 2.24) is 15.5 Å². The number of hydrogen-bond donors (Lipinski definition) is 3. The normalized spacial score (nSPS) is 17.5. The highest BCUT2D eigenvalue weighted by molar-refractivity contribution is 14.0. The molecule has 1 aliphatic heterocycles. The Labute approximate surface area is 184 Å². The Morgan fingerprint density at radius 2 is 2.10 bits per heavy atom. The van der Waals surface area contributed by atoms with Gasteiger partial charge in [0, 0.05) is 38.3 Å². The Morgan fingerprint density at radius 3 is 2.76 bits per heavy atom. The van der Waals surface area contributed by atoms with Crippen LogP contribution in [0.25, 0.3) is 0 Å². The Morgan fingerprint density at radius 1 is 1.38 bits per heavy atom. The first-order valence-corrected chi connectivity index (χ1v) is 9.09. The van der Waals surface area contributed by atoms with E-state index in [1.54, 1.807) is 18.2 Å². The van der Waals surface area contributed by atoms with Gasteiger partial charge in [0.1, 0.15) is 5.69 Å². The van der Waals surface area contributed by atoms with Gasteiger partial charge in [-0.05, 0) is 19.4 Å². The first kappa shape index (κ1) is 25.2. The van der Waals surface area contributed by atoms with Crippen LogP contribution in [0.5, 0.6) is 0 Å². The molecular weight excluding hydrogens is 504 g/mol. The summed E-state index contributed by atoms with van der Waals surface area (Å²) in [5.74, 6) is 0.519. The molecule has 0 amide bonds. The van der Waals surface area contributed by atoms with E-state index in [1.165, 1.54) is 11.0 Å². The number of nitrogens with zero attached hydrogens (tertiary/aromatic N) is 3. The number of nitrogens with one attached hydrogen (secondary N) is 3. The Hall–Kier alpha value is -1.83. The zero-order valence-corrected chi connectivity index (χ0v) is 18.4. The zero-order chi connectivity index (χ0) is 20.6. The summed E-state index contributed by atoms with van der Waals surface area (Å²) in [4.78, 5) is 16.3. The molecule has 1 unspecified atom stereocenters. The molecule has 8 nitrogen and oxygen atoms in total. The third-order valence-corrected chi connectivity index (χ3v) is 4.16. The SMILES string of the molecule is CCNC(=NCCNc1ccccc1[N+](=O)[O-])NC1CCN(CC(F)(F)F)C1.I. The molecule has 1 atom stereocenters. The van der Waals surface area contributed by atoms with Gasteiger partial charge in [0.2, 0.25) is 0 Å². The molecule has 1 aromatic rings. The van der Waals surface area contributed by atoms with Gasteiger partial charge in [-0.15, -0.1) is 24.0 Å². The molecule has 2 rings (SSSR count). The number of aliphatic imine (C=N–C) groups is 1. The van der Waals surface area contributed by atoms with Crippen molar-refractivity contribution in [2.24, 2.45) is 4.99 Å². The van der Waals surface area contributed by atoms with E-state index in [4.69, 9.17) is 0 Å². The number of likely N-dealkylation sites (tertiary alicyclic amines) is 1. The highest BCUT2D eigenvalue weighted by Gasteiger charge is 2.34. The molecule has 1 heterocycles. The van der Waals surface area contributed by atoms with Crippen LogP contribution < -0.4 is 16.0 Å². The maximum atomic E-state index is 12.5. The van der Waals surface area contributed by atoms with E-state index in [0.29, 0.717) is 50.8 Å². The number of para-hydroxylation sites is 2. The third-order valence-electron chi connectivity index (χ3n) is 4.16. The van der Waals surface area contributed by atoms with Crippen LogP contribution in [0, 0.1) is 10.1 Å². The standard InChI is InChI=1S/C17H25F3N6O2.HI/c1-2-21-16(24-13-7-10-25(11-13)12-17(18,19)20)23-9-8-22-14-5-3-4-6-15(14)26(27)28;/h3-6,13,22H,2,7-12H2,1H3,(H2,21,23,24);1H. The quantitative estimate of drug-likeness (QED) is 0.120. The number of guanidine groups is 1. The number of anilines is 1. The van der Waals surface area contributed by atoms with Crippen molar-refractivity contribution in [3.63, 3.8) is 0 Å². The summed E-state index contributed by atoms with van der Waals surface area (Å²) in [5, 5.41) is 20.2. The number of hydrogen-bond acceptors (Lipinski definition) is 5. The largest absolute Gasteiger partial charge is 0.401 e. The van der Waals surface area contributed by atoms with Gasteiger partial charge in [0.15, 0.2) is 5.96 Å².